The Morgan fingerprint density at radius 2 is 2.00 bits per heavy atom. The Labute approximate surface area is 121 Å². The van der Waals surface area contributed by atoms with E-state index in [2.05, 4.69) is 10.1 Å². The number of hydrogen-bond donors (Lipinski definition) is 2. The highest BCUT2D eigenvalue weighted by Gasteiger charge is 2.18. The summed E-state index contributed by atoms with van der Waals surface area (Å²) in [7, 11) is 0. The lowest BCUT2D eigenvalue weighted by molar-refractivity contribution is 0.353. The first-order valence-electron chi connectivity index (χ1n) is 6.55. The number of phenolic OH excluding ortho intramolecular Hbond substituents is 1. The second-order valence-electron chi connectivity index (χ2n) is 4.87. The largest absolute Gasteiger partial charge is 0.508 e. The minimum absolute atomic E-state index is 0.223. The summed E-state index contributed by atoms with van der Waals surface area (Å²) in [4.78, 5) is 4.28. The van der Waals surface area contributed by atoms with Gasteiger partial charge in [0, 0.05) is 0 Å². The molecule has 108 valence electrons. The van der Waals surface area contributed by atoms with E-state index in [0.29, 0.717) is 23.9 Å². The number of phenols is 1. The van der Waals surface area contributed by atoms with Crippen LogP contribution in [0, 0.1) is 6.92 Å². The van der Waals surface area contributed by atoms with Crippen molar-refractivity contribution in [1.82, 2.24) is 10.1 Å². The Hall–Kier alpha value is -2.60. The van der Waals surface area contributed by atoms with Crippen LogP contribution < -0.4 is 5.73 Å². The number of aryl methyl sites for hydroxylation is 1. The standard InChI is InChI=1S/C15H15N3O3/c1-9-6-7-20-13(9)14-17-15(21-18-14)12(16)8-10-2-4-11(19)5-3-10/h2-7,12,19H,8,16H2,1H3/t12-/m1/s1. The van der Waals surface area contributed by atoms with Crippen LogP contribution in [-0.2, 0) is 6.42 Å². The fourth-order valence-corrected chi connectivity index (χ4v) is 2.05. The molecule has 3 aromatic rings. The van der Waals surface area contributed by atoms with E-state index >= 15 is 0 Å². The van der Waals surface area contributed by atoms with Gasteiger partial charge in [-0.2, -0.15) is 4.98 Å². The van der Waals surface area contributed by atoms with Crippen LogP contribution in [0.15, 0.2) is 45.5 Å². The molecule has 21 heavy (non-hydrogen) atoms. The number of benzene rings is 1. The molecule has 2 aromatic heterocycles. The monoisotopic (exact) mass is 285 g/mol. The van der Waals surface area contributed by atoms with Crippen molar-refractivity contribution in [2.75, 3.05) is 0 Å². The van der Waals surface area contributed by atoms with Crippen LogP contribution in [0.2, 0.25) is 0 Å². The van der Waals surface area contributed by atoms with Crippen molar-refractivity contribution < 1.29 is 14.0 Å². The van der Waals surface area contributed by atoms with E-state index in [9.17, 15) is 5.11 Å². The molecule has 0 fully saturated rings. The first-order valence-corrected chi connectivity index (χ1v) is 6.55. The van der Waals surface area contributed by atoms with Crippen LogP contribution in [0.5, 0.6) is 5.75 Å². The van der Waals surface area contributed by atoms with Crippen molar-refractivity contribution in [3.8, 4) is 17.3 Å². The highest BCUT2D eigenvalue weighted by atomic mass is 16.5. The van der Waals surface area contributed by atoms with Gasteiger partial charge >= 0.3 is 0 Å². The predicted molar refractivity (Wildman–Crippen MR) is 75.5 cm³/mol. The molecule has 0 aliphatic carbocycles. The van der Waals surface area contributed by atoms with E-state index in [4.69, 9.17) is 14.7 Å². The highest BCUT2D eigenvalue weighted by Crippen LogP contribution is 2.23. The lowest BCUT2D eigenvalue weighted by Gasteiger charge is -2.06. The van der Waals surface area contributed by atoms with E-state index in [1.807, 2.05) is 25.1 Å². The fraction of sp³-hybridized carbons (Fsp3) is 0.200. The lowest BCUT2D eigenvalue weighted by atomic mass is 10.1. The average Bonchev–Trinajstić information content (AvgIpc) is 3.09. The van der Waals surface area contributed by atoms with Crippen LogP contribution in [0.4, 0.5) is 0 Å². The summed E-state index contributed by atoms with van der Waals surface area (Å²) in [6.45, 7) is 1.91. The van der Waals surface area contributed by atoms with Gasteiger partial charge in [0.25, 0.3) is 0 Å². The van der Waals surface area contributed by atoms with Gasteiger partial charge in [-0.3, -0.25) is 0 Å². The normalized spacial score (nSPS) is 12.5. The minimum atomic E-state index is -0.411. The molecule has 1 aromatic carbocycles. The molecule has 3 N–H and O–H groups in total. The number of rotatable bonds is 4. The molecule has 6 nitrogen and oxygen atoms in total. The Balaban J connectivity index is 1.76. The third kappa shape index (κ3) is 2.80. The molecule has 0 bridgehead atoms. The summed E-state index contributed by atoms with van der Waals surface area (Å²) in [5.41, 5.74) is 8.00. The van der Waals surface area contributed by atoms with E-state index in [1.165, 1.54) is 0 Å². The molecule has 0 radical (unpaired) electrons. The lowest BCUT2D eigenvalue weighted by Crippen LogP contribution is -2.13. The van der Waals surface area contributed by atoms with E-state index in [0.717, 1.165) is 11.1 Å². The molecule has 2 heterocycles. The van der Waals surface area contributed by atoms with E-state index < -0.39 is 6.04 Å². The van der Waals surface area contributed by atoms with Gasteiger partial charge in [-0.25, -0.2) is 0 Å². The molecule has 0 aliphatic rings. The Bertz CT molecular complexity index is 731. The number of nitrogens with zero attached hydrogens (tertiary/aromatic N) is 2. The topological polar surface area (TPSA) is 98.3 Å². The van der Waals surface area contributed by atoms with Crippen molar-refractivity contribution in [2.45, 2.75) is 19.4 Å². The summed E-state index contributed by atoms with van der Waals surface area (Å²) in [6, 6.07) is 8.28. The van der Waals surface area contributed by atoms with Crippen molar-refractivity contribution in [1.29, 1.82) is 0 Å². The van der Waals surface area contributed by atoms with Crippen LogP contribution in [-0.4, -0.2) is 15.2 Å². The van der Waals surface area contributed by atoms with Gasteiger partial charge in [0.05, 0.1) is 12.3 Å². The van der Waals surface area contributed by atoms with Gasteiger partial charge in [-0.1, -0.05) is 17.3 Å². The molecular weight excluding hydrogens is 270 g/mol. The maximum atomic E-state index is 9.26. The predicted octanol–water partition coefficient (Wildman–Crippen LogP) is 2.59. The quantitative estimate of drug-likeness (QED) is 0.764. The summed E-state index contributed by atoms with van der Waals surface area (Å²) < 4.78 is 10.5. The van der Waals surface area contributed by atoms with E-state index in [-0.39, 0.29) is 5.75 Å². The van der Waals surface area contributed by atoms with Crippen molar-refractivity contribution >= 4 is 0 Å². The molecule has 0 unspecified atom stereocenters. The van der Waals surface area contributed by atoms with E-state index in [1.54, 1.807) is 18.4 Å². The first-order chi connectivity index (χ1) is 10.1. The maximum absolute atomic E-state index is 9.26. The van der Waals surface area contributed by atoms with Gasteiger partial charge in [0.15, 0.2) is 5.76 Å². The fourth-order valence-electron chi connectivity index (χ4n) is 2.05. The zero-order chi connectivity index (χ0) is 14.8. The minimum Gasteiger partial charge on any atom is -0.508 e. The zero-order valence-electron chi connectivity index (χ0n) is 11.5. The molecule has 3 rings (SSSR count). The first kappa shape index (κ1) is 13.4. The van der Waals surface area contributed by atoms with Crippen molar-refractivity contribution in [3.05, 3.63) is 53.6 Å². The number of furan rings is 1. The summed E-state index contributed by atoms with van der Waals surface area (Å²) in [6.07, 6.45) is 2.12. The van der Waals surface area contributed by atoms with Gasteiger partial charge in [0.1, 0.15) is 5.75 Å². The van der Waals surface area contributed by atoms with Gasteiger partial charge < -0.3 is 19.8 Å². The third-order valence-electron chi connectivity index (χ3n) is 3.22. The van der Waals surface area contributed by atoms with Crippen LogP contribution >= 0.6 is 0 Å². The third-order valence-corrected chi connectivity index (χ3v) is 3.22. The second-order valence-corrected chi connectivity index (χ2v) is 4.87. The second kappa shape index (κ2) is 5.41. The van der Waals surface area contributed by atoms with Crippen molar-refractivity contribution in [2.24, 2.45) is 5.73 Å². The van der Waals surface area contributed by atoms with Crippen LogP contribution in [0.25, 0.3) is 11.6 Å². The molecule has 6 heteroatoms. The SMILES string of the molecule is Cc1ccoc1-c1noc([C@H](N)Cc2ccc(O)cc2)n1. The molecule has 0 saturated carbocycles. The zero-order valence-corrected chi connectivity index (χ0v) is 11.5. The molecule has 0 amide bonds. The number of aromatic nitrogens is 2. The van der Waals surface area contributed by atoms with Crippen molar-refractivity contribution in [3.63, 3.8) is 0 Å². The maximum Gasteiger partial charge on any atom is 0.244 e. The number of aromatic hydroxyl groups is 1. The summed E-state index contributed by atoms with van der Waals surface area (Å²) >= 11 is 0. The smallest absolute Gasteiger partial charge is 0.244 e. The van der Waals surface area contributed by atoms with Crippen LogP contribution in [0.1, 0.15) is 23.1 Å². The summed E-state index contributed by atoms with van der Waals surface area (Å²) in [5.74, 6) is 1.56. The molecule has 0 spiro atoms. The van der Waals surface area contributed by atoms with Gasteiger partial charge in [0.2, 0.25) is 11.7 Å². The molecular formula is C15H15N3O3. The number of nitrogens with two attached hydrogens (primary N) is 1. The van der Waals surface area contributed by atoms with Gasteiger partial charge in [-0.15, -0.1) is 0 Å². The van der Waals surface area contributed by atoms with Gasteiger partial charge in [-0.05, 0) is 42.7 Å². The van der Waals surface area contributed by atoms with Crippen LogP contribution in [0.3, 0.4) is 0 Å². The summed E-state index contributed by atoms with van der Waals surface area (Å²) in [5, 5.41) is 13.2. The molecule has 0 aliphatic heterocycles. The molecule has 1 atom stereocenters. The number of hydrogen-bond acceptors (Lipinski definition) is 6. The highest BCUT2D eigenvalue weighted by molar-refractivity contribution is 5.51. The Morgan fingerprint density at radius 1 is 1.24 bits per heavy atom. The Kier molecular flexibility index (Phi) is 3.45. The molecule has 0 saturated heterocycles. The Morgan fingerprint density at radius 3 is 2.67 bits per heavy atom. The average molecular weight is 285 g/mol.